The predicted molar refractivity (Wildman–Crippen MR) is 127 cm³/mol. The van der Waals surface area contributed by atoms with E-state index in [0.29, 0.717) is 0 Å². The lowest BCUT2D eigenvalue weighted by molar-refractivity contribution is -0.153. The predicted octanol–water partition coefficient (Wildman–Crippen LogP) is 0.436. The number of rotatable bonds is 4. The van der Waals surface area contributed by atoms with E-state index in [1.165, 1.54) is 19.0 Å². The molecule has 0 aliphatic heterocycles. The number of carbonyl (C=O) groups is 4. The highest BCUT2D eigenvalue weighted by molar-refractivity contribution is 9.09. The number of nitrogens with one attached hydrogen (secondary N) is 1. The number of hydrogen-bond acceptors (Lipinski definition) is 9. The number of aliphatic hydroxyl groups excluding tert-OH is 2. The topological polar surface area (TPSA) is 190 Å². The van der Waals surface area contributed by atoms with Crippen LogP contribution in [0, 0.1) is 17.7 Å². The van der Waals surface area contributed by atoms with Crippen molar-refractivity contribution in [2.24, 2.45) is 17.6 Å². The monoisotopic (exact) mass is 567 g/mol. The fraction of sp³-hybridized carbons (Fsp3) is 0.391. The summed E-state index contributed by atoms with van der Waals surface area (Å²) in [6.07, 6.45) is -0.179. The van der Waals surface area contributed by atoms with Gasteiger partial charge in [-0.3, -0.25) is 24.1 Å². The highest BCUT2D eigenvalue weighted by Gasteiger charge is 2.64. The normalized spacial score (nSPS) is 27.6. The van der Waals surface area contributed by atoms with Crippen molar-refractivity contribution in [2.75, 3.05) is 24.7 Å². The Balaban J connectivity index is 1.94. The summed E-state index contributed by atoms with van der Waals surface area (Å²) in [5.74, 6) is -9.90. The molecule has 0 spiro atoms. The summed E-state index contributed by atoms with van der Waals surface area (Å²) < 4.78 is 14.8. The number of phenols is 1. The van der Waals surface area contributed by atoms with Gasteiger partial charge < -0.3 is 31.5 Å². The van der Waals surface area contributed by atoms with Gasteiger partial charge in [0.25, 0.3) is 5.91 Å². The zero-order chi connectivity index (χ0) is 26.9. The number of alkyl halides is 1. The number of carbonyl (C=O) groups excluding carboxylic acids is 4. The average Bonchev–Trinajstić information content (AvgIpc) is 2.78. The van der Waals surface area contributed by atoms with Crippen LogP contribution in [-0.4, -0.2) is 79.8 Å². The lowest BCUT2D eigenvalue weighted by Crippen LogP contribution is -2.65. The molecule has 3 unspecified atom stereocenters. The van der Waals surface area contributed by atoms with Crippen LogP contribution in [0.4, 0.5) is 10.1 Å². The molecule has 0 saturated heterocycles. The maximum atomic E-state index is 14.8. The number of benzene rings is 1. The highest BCUT2D eigenvalue weighted by Crippen LogP contribution is 2.53. The number of hydrogen-bond donors (Lipinski definition) is 6. The number of nitrogens with zero attached hydrogens (tertiary/aromatic N) is 1. The second kappa shape index (κ2) is 8.68. The largest absolute Gasteiger partial charge is 0.508 e. The van der Waals surface area contributed by atoms with Crippen molar-refractivity contribution in [1.82, 2.24) is 4.90 Å². The smallest absolute Gasteiger partial charge is 0.255 e. The molecule has 0 radical (unpaired) electrons. The van der Waals surface area contributed by atoms with Gasteiger partial charge in [0.15, 0.2) is 23.0 Å². The van der Waals surface area contributed by atoms with Crippen molar-refractivity contribution in [3.05, 3.63) is 39.9 Å². The second-order valence-corrected chi connectivity index (χ2v) is 9.82. The molecule has 0 heterocycles. The van der Waals surface area contributed by atoms with E-state index in [1.54, 1.807) is 0 Å². The highest BCUT2D eigenvalue weighted by atomic mass is 79.9. The molecule has 1 aromatic carbocycles. The van der Waals surface area contributed by atoms with Crippen LogP contribution in [0.15, 0.2) is 23.0 Å². The van der Waals surface area contributed by atoms with Gasteiger partial charge in [-0.25, -0.2) is 4.39 Å². The molecule has 4 atom stereocenters. The third-order valence-electron chi connectivity index (χ3n) is 7.05. The minimum absolute atomic E-state index is 0.0638. The second-order valence-electron chi connectivity index (χ2n) is 9.26. The summed E-state index contributed by atoms with van der Waals surface area (Å²) in [4.78, 5) is 51.8. The minimum Gasteiger partial charge on any atom is -0.508 e. The Hall–Kier alpha value is -3.29. The van der Waals surface area contributed by atoms with Crippen molar-refractivity contribution < 1.29 is 44.0 Å². The van der Waals surface area contributed by atoms with Gasteiger partial charge in [0.1, 0.15) is 22.8 Å². The number of phenolic OH excluding ortho intramolecular Hbond substituents is 1. The van der Waals surface area contributed by atoms with Gasteiger partial charge in [0.05, 0.1) is 16.9 Å². The molecule has 0 aromatic heterocycles. The molecule has 36 heavy (non-hydrogen) atoms. The molecule has 1 aromatic rings. The lowest BCUT2D eigenvalue weighted by Gasteiger charge is -2.50. The summed E-state index contributed by atoms with van der Waals surface area (Å²) in [6.45, 7) is 0. The standard InChI is InChI=1S/C23H23BrFN3O8/c1-28(2)16-9-4-7-3-8-5-10(25)15(27-11(29)6-24)18(31)12(8)17(30)13(7)20(33)23(9,36)21(34)14(19(16)32)22(26)35/h5,7,9,16,30-31,34,36H,3-4,6H2,1-2H3,(H2,26,35)(H,27,29)/t7?,9?,16-,23?/m0/s1. The number of aromatic hydroxyl groups is 1. The van der Waals surface area contributed by atoms with E-state index in [-0.39, 0.29) is 34.9 Å². The van der Waals surface area contributed by atoms with E-state index in [2.05, 4.69) is 21.2 Å². The van der Waals surface area contributed by atoms with Gasteiger partial charge in [-0.05, 0) is 44.5 Å². The molecule has 1 saturated carbocycles. The molecule has 1 fully saturated rings. The number of halogens is 2. The summed E-state index contributed by atoms with van der Waals surface area (Å²) in [5, 5.41) is 46.1. The van der Waals surface area contributed by atoms with Crippen molar-refractivity contribution in [3.8, 4) is 5.75 Å². The first kappa shape index (κ1) is 25.8. The van der Waals surface area contributed by atoms with Gasteiger partial charge >= 0.3 is 0 Å². The number of nitrogens with two attached hydrogens (primary N) is 1. The summed E-state index contributed by atoms with van der Waals surface area (Å²) >= 11 is 2.90. The molecule has 192 valence electrons. The van der Waals surface area contributed by atoms with Crippen LogP contribution in [0.3, 0.4) is 0 Å². The number of ketones is 2. The first-order valence-corrected chi connectivity index (χ1v) is 11.9. The van der Waals surface area contributed by atoms with Crippen LogP contribution in [0.5, 0.6) is 5.75 Å². The summed E-state index contributed by atoms with van der Waals surface area (Å²) in [6, 6.07) is -0.204. The van der Waals surface area contributed by atoms with Crippen LogP contribution >= 0.6 is 15.9 Å². The Morgan fingerprint density at radius 1 is 1.28 bits per heavy atom. The van der Waals surface area contributed by atoms with E-state index in [9.17, 15) is 44.0 Å². The van der Waals surface area contributed by atoms with Crippen LogP contribution in [0.1, 0.15) is 17.5 Å². The maximum absolute atomic E-state index is 14.8. The molecule has 13 heteroatoms. The van der Waals surface area contributed by atoms with Crippen molar-refractivity contribution in [2.45, 2.75) is 24.5 Å². The average molecular weight is 568 g/mol. The molecular formula is C23H23BrFN3O8. The Kier molecular flexibility index (Phi) is 6.22. The molecule has 11 nitrogen and oxygen atoms in total. The number of fused-ring (bicyclic) bond motifs is 3. The number of aliphatic hydroxyl groups is 3. The van der Waals surface area contributed by atoms with Crippen LogP contribution in [-0.2, 0) is 25.6 Å². The van der Waals surface area contributed by atoms with E-state index in [4.69, 9.17) is 5.73 Å². The zero-order valence-electron chi connectivity index (χ0n) is 19.1. The number of primary amides is 1. The fourth-order valence-corrected chi connectivity index (χ4v) is 5.70. The Morgan fingerprint density at radius 3 is 2.47 bits per heavy atom. The fourth-order valence-electron chi connectivity index (χ4n) is 5.56. The van der Waals surface area contributed by atoms with Gasteiger partial charge in [0, 0.05) is 11.5 Å². The van der Waals surface area contributed by atoms with E-state index >= 15 is 0 Å². The molecule has 2 amide bonds. The van der Waals surface area contributed by atoms with E-state index in [1.807, 2.05) is 0 Å². The zero-order valence-corrected chi connectivity index (χ0v) is 20.7. The number of amides is 2. The Morgan fingerprint density at radius 2 is 1.92 bits per heavy atom. The quantitative estimate of drug-likeness (QED) is 0.170. The van der Waals surface area contributed by atoms with Gasteiger partial charge in [-0.1, -0.05) is 15.9 Å². The van der Waals surface area contributed by atoms with E-state index < -0.39 is 81.2 Å². The molecule has 0 bridgehead atoms. The third kappa shape index (κ3) is 3.44. The number of likely N-dealkylation sites (N-methyl/N-ethyl adjacent to an activating group) is 1. The van der Waals surface area contributed by atoms with E-state index in [0.717, 1.165) is 6.07 Å². The first-order valence-electron chi connectivity index (χ1n) is 10.8. The van der Waals surface area contributed by atoms with Crippen molar-refractivity contribution in [3.63, 3.8) is 0 Å². The van der Waals surface area contributed by atoms with Gasteiger partial charge in [-0.2, -0.15) is 0 Å². The minimum atomic E-state index is -2.77. The summed E-state index contributed by atoms with van der Waals surface area (Å²) in [7, 11) is 2.98. The van der Waals surface area contributed by atoms with Crippen molar-refractivity contribution in [1.29, 1.82) is 0 Å². The third-order valence-corrected chi connectivity index (χ3v) is 7.56. The number of anilines is 1. The Labute approximate surface area is 212 Å². The first-order chi connectivity index (χ1) is 16.8. The van der Waals surface area contributed by atoms with Gasteiger partial charge in [0.2, 0.25) is 11.7 Å². The van der Waals surface area contributed by atoms with Crippen LogP contribution in [0.25, 0.3) is 5.76 Å². The van der Waals surface area contributed by atoms with Crippen molar-refractivity contribution >= 4 is 50.8 Å². The maximum Gasteiger partial charge on any atom is 0.255 e. The lowest BCUT2D eigenvalue weighted by atomic mass is 9.57. The SMILES string of the molecule is CN(C)[C@@H]1C(=O)C(C(N)=O)=C(O)C2(O)C(=O)C3=C(O)c4c(cc(F)c(NC(=O)CBr)c4O)CC3CC12. The molecule has 4 rings (SSSR count). The van der Waals surface area contributed by atoms with Gasteiger partial charge in [-0.15, -0.1) is 0 Å². The van der Waals surface area contributed by atoms with Crippen LogP contribution < -0.4 is 11.1 Å². The molecule has 3 aliphatic carbocycles. The summed E-state index contributed by atoms with van der Waals surface area (Å²) in [5.41, 5.74) is 0.413. The number of Topliss-reactive ketones (excluding diaryl/α,β-unsaturated/α-hetero) is 2. The Bertz CT molecular complexity index is 1310. The molecule has 3 aliphatic rings. The molecule has 7 N–H and O–H groups in total. The molecular weight excluding hydrogens is 545 g/mol. The van der Waals surface area contributed by atoms with Crippen LogP contribution in [0.2, 0.25) is 0 Å².